The van der Waals surface area contributed by atoms with E-state index in [1.807, 2.05) is 24.3 Å². The number of para-hydroxylation sites is 1. The summed E-state index contributed by atoms with van der Waals surface area (Å²) in [5, 5.41) is 4.11. The molecular weight excluding hydrogens is 328 g/mol. The van der Waals surface area contributed by atoms with Gasteiger partial charge < -0.3 is 15.5 Å². The van der Waals surface area contributed by atoms with Crippen molar-refractivity contribution < 1.29 is 9.63 Å². The van der Waals surface area contributed by atoms with Crippen LogP contribution in [-0.2, 0) is 4.84 Å². The molecule has 26 heavy (non-hydrogen) atoms. The molecule has 140 valence electrons. The van der Waals surface area contributed by atoms with E-state index in [1.165, 1.54) is 25.7 Å². The van der Waals surface area contributed by atoms with Gasteiger partial charge in [-0.1, -0.05) is 23.4 Å². The maximum absolute atomic E-state index is 12.4. The summed E-state index contributed by atoms with van der Waals surface area (Å²) in [6.45, 7) is 0.677. The average Bonchev–Trinajstić information content (AvgIpc) is 3.42. The van der Waals surface area contributed by atoms with Crippen molar-refractivity contribution in [3.63, 3.8) is 0 Å². The lowest BCUT2D eigenvalue weighted by atomic mass is 9.95. The van der Waals surface area contributed by atoms with Gasteiger partial charge in [-0.05, 0) is 57.6 Å². The Labute approximate surface area is 155 Å². The van der Waals surface area contributed by atoms with Crippen molar-refractivity contribution in [2.24, 2.45) is 16.8 Å². The number of piperidine rings is 1. The van der Waals surface area contributed by atoms with Gasteiger partial charge >= 0.3 is 6.03 Å². The van der Waals surface area contributed by atoms with Gasteiger partial charge in [-0.2, -0.15) is 0 Å². The summed E-state index contributed by atoms with van der Waals surface area (Å²) in [7, 11) is 2.20. The van der Waals surface area contributed by atoms with Gasteiger partial charge in [0.1, 0.15) is 6.61 Å². The summed E-state index contributed by atoms with van der Waals surface area (Å²) < 4.78 is 0. The molecule has 2 heterocycles. The molecule has 0 radical (unpaired) electrons. The lowest BCUT2D eigenvalue weighted by Crippen LogP contribution is -2.52. The molecule has 1 saturated carbocycles. The number of oxime groups is 1. The van der Waals surface area contributed by atoms with Crippen LogP contribution in [0.2, 0.25) is 0 Å². The fourth-order valence-corrected chi connectivity index (χ4v) is 4.43. The first-order valence-electron chi connectivity index (χ1n) is 9.68. The molecule has 1 aromatic rings. The highest BCUT2D eigenvalue weighted by atomic mass is 16.6. The fraction of sp³-hybridized carbons (Fsp3) is 0.600. The van der Waals surface area contributed by atoms with E-state index in [0.717, 1.165) is 24.1 Å². The van der Waals surface area contributed by atoms with Crippen molar-refractivity contribution >= 4 is 17.9 Å². The molecule has 6 heteroatoms. The second-order valence-corrected chi connectivity index (χ2v) is 7.92. The highest BCUT2D eigenvalue weighted by Crippen LogP contribution is 2.38. The van der Waals surface area contributed by atoms with Crippen LogP contribution in [0.15, 0.2) is 29.4 Å². The molecular formula is C20H28N4O2. The van der Waals surface area contributed by atoms with Crippen LogP contribution < -0.4 is 10.6 Å². The van der Waals surface area contributed by atoms with E-state index in [-0.39, 0.29) is 6.04 Å². The first-order valence-corrected chi connectivity index (χ1v) is 9.68. The molecule has 1 aromatic carbocycles. The van der Waals surface area contributed by atoms with Crippen molar-refractivity contribution in [1.29, 1.82) is 0 Å². The number of benzene rings is 1. The average molecular weight is 356 g/mol. The molecule has 6 nitrogen and oxygen atoms in total. The number of anilines is 1. The van der Waals surface area contributed by atoms with E-state index in [4.69, 9.17) is 10.6 Å². The predicted molar refractivity (Wildman–Crippen MR) is 102 cm³/mol. The van der Waals surface area contributed by atoms with Gasteiger partial charge in [0.15, 0.2) is 0 Å². The molecule has 2 aliphatic heterocycles. The Kier molecular flexibility index (Phi) is 4.85. The van der Waals surface area contributed by atoms with E-state index in [0.29, 0.717) is 24.6 Å². The van der Waals surface area contributed by atoms with E-state index < -0.39 is 6.03 Å². The summed E-state index contributed by atoms with van der Waals surface area (Å²) in [6.07, 6.45) is 8.54. The van der Waals surface area contributed by atoms with Crippen molar-refractivity contribution in [1.82, 2.24) is 4.90 Å². The molecule has 2 saturated heterocycles. The highest BCUT2D eigenvalue weighted by molar-refractivity contribution is 5.98. The van der Waals surface area contributed by atoms with Crippen LogP contribution in [0.5, 0.6) is 0 Å². The third kappa shape index (κ3) is 3.56. The Hall–Kier alpha value is -2.08. The number of carbonyl (C=O) groups excluding carboxylic acids is 1. The van der Waals surface area contributed by atoms with Crippen LogP contribution in [0.3, 0.4) is 0 Å². The van der Waals surface area contributed by atoms with Gasteiger partial charge in [0, 0.05) is 23.7 Å². The summed E-state index contributed by atoms with van der Waals surface area (Å²) in [5.74, 6) is 0.666. The van der Waals surface area contributed by atoms with E-state index in [9.17, 15) is 4.79 Å². The monoisotopic (exact) mass is 356 g/mol. The van der Waals surface area contributed by atoms with Crippen molar-refractivity contribution in [3.8, 4) is 0 Å². The topological polar surface area (TPSA) is 71.2 Å². The van der Waals surface area contributed by atoms with Gasteiger partial charge in [-0.3, -0.25) is 4.90 Å². The number of nitrogens with zero attached hydrogens (tertiary/aromatic N) is 3. The second kappa shape index (κ2) is 7.27. The van der Waals surface area contributed by atoms with Crippen molar-refractivity contribution in [3.05, 3.63) is 29.8 Å². The number of carbonyl (C=O) groups is 1. The SMILES string of the molecule is CN1[C@@H]2CC[C@H]1C[C@@H](N(C(N)=O)c1ccccc1/C=N/OCC1CC1)C2. The smallest absolute Gasteiger partial charge is 0.319 e. The van der Waals surface area contributed by atoms with Crippen molar-refractivity contribution in [2.75, 3.05) is 18.6 Å². The largest absolute Gasteiger partial charge is 0.396 e. The molecule has 4 rings (SSSR count). The standard InChI is InChI=1S/C20H28N4O2/c1-23-16-8-9-17(23)11-18(10-16)24(20(21)25)19-5-3-2-4-15(19)12-22-26-13-14-6-7-14/h2-5,12,14,16-18H,6-11,13H2,1H3,(H2,21,25)/b22-12+/t16-,17+,18+. The zero-order chi connectivity index (χ0) is 18.1. The summed E-state index contributed by atoms with van der Waals surface area (Å²) >= 11 is 0. The van der Waals surface area contributed by atoms with Crippen LogP contribution in [0.25, 0.3) is 0 Å². The number of hydrogen-bond donors (Lipinski definition) is 1. The number of rotatable bonds is 6. The minimum absolute atomic E-state index is 0.142. The normalized spacial score (nSPS) is 28.4. The molecule has 2 amide bonds. The van der Waals surface area contributed by atoms with Gasteiger partial charge in [0.25, 0.3) is 0 Å². The number of nitrogens with two attached hydrogens (primary N) is 1. The van der Waals surface area contributed by atoms with Crippen LogP contribution in [0.4, 0.5) is 10.5 Å². The van der Waals surface area contributed by atoms with Gasteiger partial charge in [-0.15, -0.1) is 0 Å². The molecule has 0 spiro atoms. The van der Waals surface area contributed by atoms with Crippen LogP contribution in [0.1, 0.15) is 44.1 Å². The summed E-state index contributed by atoms with van der Waals surface area (Å²) in [4.78, 5) is 22.0. The Bertz CT molecular complexity index is 674. The number of hydrogen-bond acceptors (Lipinski definition) is 4. The quantitative estimate of drug-likeness (QED) is 0.629. The van der Waals surface area contributed by atoms with Crippen LogP contribution >= 0.6 is 0 Å². The summed E-state index contributed by atoms with van der Waals surface area (Å²) in [6, 6.07) is 8.64. The molecule has 2 N–H and O–H groups in total. The zero-order valence-corrected chi connectivity index (χ0v) is 15.4. The van der Waals surface area contributed by atoms with Gasteiger partial charge in [0.05, 0.1) is 11.9 Å². The first kappa shape index (κ1) is 17.3. The molecule has 0 aromatic heterocycles. The Morgan fingerprint density at radius 1 is 1.27 bits per heavy atom. The number of primary amides is 1. The van der Waals surface area contributed by atoms with E-state index in [1.54, 1.807) is 11.1 Å². The fourth-order valence-electron chi connectivity index (χ4n) is 4.43. The number of urea groups is 1. The number of amides is 2. The molecule has 3 atom stereocenters. The molecule has 0 unspecified atom stereocenters. The maximum atomic E-state index is 12.4. The van der Waals surface area contributed by atoms with E-state index >= 15 is 0 Å². The lowest BCUT2D eigenvalue weighted by Gasteiger charge is -2.41. The van der Waals surface area contributed by atoms with Gasteiger partial charge in [0.2, 0.25) is 0 Å². The third-order valence-electron chi connectivity index (χ3n) is 6.15. The minimum atomic E-state index is -0.390. The van der Waals surface area contributed by atoms with Crippen molar-refractivity contribution in [2.45, 2.75) is 56.7 Å². The Balaban J connectivity index is 1.54. The third-order valence-corrected chi connectivity index (χ3v) is 6.15. The molecule has 3 fully saturated rings. The zero-order valence-electron chi connectivity index (χ0n) is 15.4. The van der Waals surface area contributed by atoms with Crippen LogP contribution in [0, 0.1) is 5.92 Å². The molecule has 1 aliphatic carbocycles. The lowest BCUT2D eigenvalue weighted by molar-refractivity contribution is 0.135. The predicted octanol–water partition coefficient (Wildman–Crippen LogP) is 2.96. The Morgan fingerprint density at radius 3 is 2.62 bits per heavy atom. The minimum Gasteiger partial charge on any atom is -0.396 e. The molecule has 2 bridgehead atoms. The second-order valence-electron chi connectivity index (χ2n) is 7.92. The maximum Gasteiger partial charge on any atom is 0.319 e. The first-order chi connectivity index (χ1) is 12.6. The van der Waals surface area contributed by atoms with Crippen LogP contribution in [-0.4, -0.2) is 48.9 Å². The molecule has 3 aliphatic rings. The Morgan fingerprint density at radius 2 is 1.96 bits per heavy atom. The number of fused-ring (bicyclic) bond motifs is 2. The van der Waals surface area contributed by atoms with E-state index in [2.05, 4.69) is 17.1 Å². The van der Waals surface area contributed by atoms with Gasteiger partial charge in [-0.25, -0.2) is 4.79 Å². The summed E-state index contributed by atoms with van der Waals surface area (Å²) in [5.41, 5.74) is 7.51. The highest BCUT2D eigenvalue weighted by Gasteiger charge is 2.41.